The Kier molecular flexibility index (Phi) is 6.50. The Labute approximate surface area is 155 Å². The van der Waals surface area contributed by atoms with Gasteiger partial charge in [0.15, 0.2) is 0 Å². The van der Waals surface area contributed by atoms with Crippen LogP contribution in [0.5, 0.6) is 5.75 Å². The van der Waals surface area contributed by atoms with Gasteiger partial charge in [0.25, 0.3) is 0 Å². The van der Waals surface area contributed by atoms with E-state index in [1.54, 1.807) is 0 Å². The van der Waals surface area contributed by atoms with Gasteiger partial charge in [-0.05, 0) is 44.1 Å². The smallest absolute Gasteiger partial charge is 0.319 e. The predicted molar refractivity (Wildman–Crippen MR) is 105 cm³/mol. The topological polar surface area (TPSA) is 53.6 Å². The van der Waals surface area contributed by atoms with E-state index in [1.807, 2.05) is 54.6 Å². The molecule has 1 atom stereocenters. The molecule has 5 nitrogen and oxygen atoms in total. The summed E-state index contributed by atoms with van der Waals surface area (Å²) in [6.45, 7) is 2.28. The van der Waals surface area contributed by atoms with Crippen molar-refractivity contribution >= 4 is 11.7 Å². The van der Waals surface area contributed by atoms with Gasteiger partial charge in [-0.15, -0.1) is 0 Å². The molecule has 1 aliphatic rings. The van der Waals surface area contributed by atoms with E-state index in [-0.39, 0.29) is 6.03 Å². The molecule has 0 aliphatic carbocycles. The second-order valence-corrected chi connectivity index (χ2v) is 6.77. The van der Waals surface area contributed by atoms with E-state index in [0.29, 0.717) is 19.2 Å². The number of nitrogens with zero attached hydrogens (tertiary/aromatic N) is 1. The number of piperidine rings is 1. The van der Waals surface area contributed by atoms with Gasteiger partial charge in [-0.25, -0.2) is 4.79 Å². The summed E-state index contributed by atoms with van der Waals surface area (Å²) in [5.41, 5.74) is 1.84. The number of nitrogens with one attached hydrogen (secondary N) is 2. The Bertz CT molecular complexity index is 705. The lowest BCUT2D eigenvalue weighted by molar-refractivity contribution is 0.182. The molecular formula is C21H27N3O2. The normalized spacial score (nSPS) is 17.5. The third-order valence-electron chi connectivity index (χ3n) is 4.76. The van der Waals surface area contributed by atoms with Crippen molar-refractivity contribution in [2.24, 2.45) is 0 Å². The highest BCUT2D eigenvalue weighted by atomic mass is 16.5. The van der Waals surface area contributed by atoms with Crippen LogP contribution in [0.3, 0.4) is 0 Å². The summed E-state index contributed by atoms with van der Waals surface area (Å²) < 4.78 is 5.81. The van der Waals surface area contributed by atoms with Crippen LogP contribution in [0.4, 0.5) is 10.5 Å². The molecule has 2 aromatic rings. The number of carbonyl (C=O) groups is 1. The van der Waals surface area contributed by atoms with Crippen molar-refractivity contribution in [2.45, 2.75) is 31.9 Å². The minimum absolute atomic E-state index is 0.177. The Morgan fingerprint density at radius 2 is 2.00 bits per heavy atom. The molecule has 0 bridgehead atoms. The van der Waals surface area contributed by atoms with Crippen LogP contribution in [0.15, 0.2) is 54.6 Å². The van der Waals surface area contributed by atoms with Crippen LogP contribution in [-0.2, 0) is 6.61 Å². The molecule has 1 heterocycles. The van der Waals surface area contributed by atoms with E-state index in [4.69, 9.17) is 4.74 Å². The highest BCUT2D eigenvalue weighted by Gasteiger charge is 2.19. The van der Waals surface area contributed by atoms with Crippen molar-refractivity contribution in [1.82, 2.24) is 10.2 Å². The molecule has 0 radical (unpaired) electrons. The maximum Gasteiger partial charge on any atom is 0.319 e. The molecule has 2 amide bonds. The van der Waals surface area contributed by atoms with Crippen LogP contribution in [0.25, 0.3) is 0 Å². The lowest BCUT2D eigenvalue weighted by Gasteiger charge is -2.32. The van der Waals surface area contributed by atoms with Crippen molar-refractivity contribution in [2.75, 3.05) is 25.5 Å². The Morgan fingerprint density at radius 1 is 1.15 bits per heavy atom. The van der Waals surface area contributed by atoms with Crippen LogP contribution in [-0.4, -0.2) is 37.1 Å². The molecule has 0 aromatic heterocycles. The third-order valence-corrected chi connectivity index (χ3v) is 4.76. The van der Waals surface area contributed by atoms with E-state index in [2.05, 4.69) is 22.6 Å². The summed E-state index contributed by atoms with van der Waals surface area (Å²) in [6.07, 6.45) is 3.62. The number of carbonyl (C=O) groups excluding carboxylic acids is 1. The summed E-state index contributed by atoms with van der Waals surface area (Å²) in [5.74, 6) is 0.735. The summed E-state index contributed by atoms with van der Waals surface area (Å²) in [6, 6.07) is 17.7. The molecule has 0 spiro atoms. The lowest BCUT2D eigenvalue weighted by Crippen LogP contribution is -2.45. The number of likely N-dealkylation sites (tertiary alicyclic amines) is 1. The Hall–Kier alpha value is -2.53. The van der Waals surface area contributed by atoms with Gasteiger partial charge in [0.05, 0.1) is 0 Å². The zero-order valence-electron chi connectivity index (χ0n) is 15.3. The summed E-state index contributed by atoms with van der Waals surface area (Å²) in [5, 5.41) is 5.86. The number of anilines is 1. The van der Waals surface area contributed by atoms with E-state index in [9.17, 15) is 4.79 Å². The van der Waals surface area contributed by atoms with Gasteiger partial charge >= 0.3 is 6.03 Å². The summed E-state index contributed by atoms with van der Waals surface area (Å²) in [7, 11) is 2.12. The fraction of sp³-hybridized carbons (Fsp3) is 0.381. The fourth-order valence-electron chi connectivity index (χ4n) is 3.19. The average Bonchev–Trinajstić information content (AvgIpc) is 2.67. The first-order chi connectivity index (χ1) is 12.7. The van der Waals surface area contributed by atoms with Crippen LogP contribution < -0.4 is 15.4 Å². The van der Waals surface area contributed by atoms with E-state index in [1.165, 1.54) is 12.8 Å². The van der Waals surface area contributed by atoms with E-state index >= 15 is 0 Å². The summed E-state index contributed by atoms with van der Waals surface area (Å²) in [4.78, 5) is 14.5. The molecule has 1 saturated heterocycles. The van der Waals surface area contributed by atoms with Crippen molar-refractivity contribution in [3.63, 3.8) is 0 Å². The molecule has 0 saturated carbocycles. The third kappa shape index (κ3) is 5.49. The van der Waals surface area contributed by atoms with Gasteiger partial charge in [0.1, 0.15) is 12.4 Å². The first-order valence-corrected chi connectivity index (χ1v) is 9.22. The second kappa shape index (κ2) is 9.25. The molecule has 0 unspecified atom stereocenters. The SMILES string of the molecule is CN1CCCC[C@@H]1CNC(=O)Nc1cccc(OCc2ccccc2)c1. The Balaban J connectivity index is 1.47. The van der Waals surface area contributed by atoms with E-state index < -0.39 is 0 Å². The standard InChI is InChI=1S/C21H27N3O2/c1-24-13-6-5-11-19(24)15-22-21(25)23-18-10-7-12-20(14-18)26-16-17-8-3-2-4-9-17/h2-4,7-10,12,14,19H,5-6,11,13,15-16H2,1H3,(H2,22,23,25)/t19-/m1/s1. The van der Waals surface area contributed by atoms with Gasteiger partial charge in [-0.2, -0.15) is 0 Å². The van der Waals surface area contributed by atoms with Crippen LogP contribution in [0.2, 0.25) is 0 Å². The summed E-state index contributed by atoms with van der Waals surface area (Å²) >= 11 is 0. The first-order valence-electron chi connectivity index (χ1n) is 9.22. The highest BCUT2D eigenvalue weighted by molar-refractivity contribution is 5.89. The number of benzene rings is 2. The number of hydrogen-bond acceptors (Lipinski definition) is 3. The van der Waals surface area contributed by atoms with Gasteiger partial charge in [-0.3, -0.25) is 0 Å². The number of likely N-dealkylation sites (N-methyl/N-ethyl adjacent to an activating group) is 1. The van der Waals surface area contributed by atoms with Crippen LogP contribution >= 0.6 is 0 Å². The molecule has 2 aromatic carbocycles. The maximum absolute atomic E-state index is 12.2. The number of ether oxygens (including phenoxy) is 1. The predicted octanol–water partition coefficient (Wildman–Crippen LogP) is 3.87. The minimum atomic E-state index is -0.177. The molecule has 1 aliphatic heterocycles. The molecular weight excluding hydrogens is 326 g/mol. The number of urea groups is 1. The number of rotatable bonds is 6. The van der Waals surface area contributed by atoms with Crippen LogP contribution in [0.1, 0.15) is 24.8 Å². The Morgan fingerprint density at radius 3 is 2.81 bits per heavy atom. The van der Waals surface area contributed by atoms with Gasteiger partial charge in [0.2, 0.25) is 0 Å². The zero-order chi connectivity index (χ0) is 18.2. The maximum atomic E-state index is 12.2. The van der Waals surface area contributed by atoms with Crippen molar-refractivity contribution < 1.29 is 9.53 Å². The second-order valence-electron chi connectivity index (χ2n) is 6.77. The monoisotopic (exact) mass is 353 g/mol. The zero-order valence-corrected chi connectivity index (χ0v) is 15.3. The number of hydrogen-bond donors (Lipinski definition) is 2. The van der Waals surface area contributed by atoms with E-state index in [0.717, 1.165) is 30.0 Å². The van der Waals surface area contributed by atoms with Crippen molar-refractivity contribution in [3.05, 3.63) is 60.2 Å². The van der Waals surface area contributed by atoms with Gasteiger partial charge in [-0.1, -0.05) is 42.8 Å². The number of amides is 2. The lowest BCUT2D eigenvalue weighted by atomic mass is 10.0. The fourth-order valence-corrected chi connectivity index (χ4v) is 3.19. The average molecular weight is 353 g/mol. The first kappa shape index (κ1) is 18.3. The van der Waals surface area contributed by atoms with Crippen LogP contribution in [0, 0.1) is 0 Å². The molecule has 2 N–H and O–H groups in total. The minimum Gasteiger partial charge on any atom is -0.489 e. The van der Waals surface area contributed by atoms with Gasteiger partial charge in [0, 0.05) is 24.3 Å². The molecule has 3 rings (SSSR count). The largest absolute Gasteiger partial charge is 0.489 e. The van der Waals surface area contributed by atoms with Crippen molar-refractivity contribution in [3.8, 4) is 5.75 Å². The van der Waals surface area contributed by atoms with Gasteiger partial charge < -0.3 is 20.3 Å². The molecule has 1 fully saturated rings. The molecule has 26 heavy (non-hydrogen) atoms. The van der Waals surface area contributed by atoms with Crippen molar-refractivity contribution in [1.29, 1.82) is 0 Å². The molecule has 138 valence electrons. The quantitative estimate of drug-likeness (QED) is 0.829. The molecule has 5 heteroatoms. The highest BCUT2D eigenvalue weighted by Crippen LogP contribution is 2.19.